The Labute approximate surface area is 125 Å². The number of carbonyl (C=O) groups is 1. The van der Waals surface area contributed by atoms with Crippen LogP contribution in [-0.4, -0.2) is 43.7 Å². The molecule has 4 nitrogen and oxygen atoms in total. The van der Waals surface area contributed by atoms with Crippen molar-refractivity contribution in [1.29, 1.82) is 0 Å². The molecule has 0 amide bonds. The topological polar surface area (TPSA) is 38.8 Å². The molecule has 110 valence electrons. The molecule has 0 unspecified atom stereocenters. The Morgan fingerprint density at radius 1 is 1.15 bits per heavy atom. The summed E-state index contributed by atoms with van der Waals surface area (Å²) >= 11 is 0. The van der Waals surface area contributed by atoms with Crippen molar-refractivity contribution in [2.45, 2.75) is 12.5 Å². The van der Waals surface area contributed by atoms with Crippen LogP contribution in [0.25, 0.3) is 0 Å². The molecule has 0 aliphatic carbocycles. The van der Waals surface area contributed by atoms with Gasteiger partial charge in [0.15, 0.2) is 0 Å². The summed E-state index contributed by atoms with van der Waals surface area (Å²) in [5, 5.41) is 0. The minimum atomic E-state index is -0.0697. The molecule has 2 aliphatic rings. The number of rotatable bonds is 3. The van der Waals surface area contributed by atoms with Crippen molar-refractivity contribution >= 4 is 18.4 Å². The molecule has 2 fully saturated rings. The van der Waals surface area contributed by atoms with Crippen molar-refractivity contribution in [2.24, 2.45) is 5.92 Å². The predicted octanol–water partition coefficient (Wildman–Crippen LogP) is 2.04. The molecule has 0 N–H and O–H groups in total. The van der Waals surface area contributed by atoms with E-state index in [0.29, 0.717) is 0 Å². The van der Waals surface area contributed by atoms with Gasteiger partial charge in [-0.05, 0) is 5.56 Å². The summed E-state index contributed by atoms with van der Waals surface area (Å²) < 4.78 is 10.8. The molecule has 2 aliphatic heterocycles. The SMILES string of the molecule is Cl.O=C1O[C@@H](c2ccccc2)C[C@@H]1CN1CCOCC1. The third-order valence-electron chi connectivity index (χ3n) is 3.84. The van der Waals surface area contributed by atoms with Gasteiger partial charge in [0.1, 0.15) is 6.10 Å². The molecule has 20 heavy (non-hydrogen) atoms. The van der Waals surface area contributed by atoms with Gasteiger partial charge in [0.05, 0.1) is 19.1 Å². The molecule has 1 aromatic carbocycles. The largest absolute Gasteiger partial charge is 0.457 e. The van der Waals surface area contributed by atoms with Gasteiger partial charge in [-0.3, -0.25) is 9.69 Å². The Morgan fingerprint density at radius 2 is 1.85 bits per heavy atom. The lowest BCUT2D eigenvalue weighted by Gasteiger charge is -2.27. The van der Waals surface area contributed by atoms with Crippen LogP contribution in [0.5, 0.6) is 0 Å². The summed E-state index contributed by atoms with van der Waals surface area (Å²) in [5.41, 5.74) is 1.10. The van der Waals surface area contributed by atoms with Gasteiger partial charge in [-0.2, -0.15) is 0 Å². The lowest BCUT2D eigenvalue weighted by Crippen LogP contribution is -2.40. The standard InChI is InChI=1S/C15H19NO3.ClH/c17-15-13(11-16-6-8-18-9-7-16)10-14(19-15)12-4-2-1-3-5-12;/h1-5,13-14H,6-11H2;1H/t13-,14-;/m1./s1. The molecule has 3 rings (SSSR count). The van der Waals surface area contributed by atoms with Gasteiger partial charge in [-0.1, -0.05) is 30.3 Å². The molecule has 0 saturated carbocycles. The smallest absolute Gasteiger partial charge is 0.311 e. The maximum Gasteiger partial charge on any atom is 0.311 e. The van der Waals surface area contributed by atoms with E-state index in [9.17, 15) is 4.79 Å². The fourth-order valence-electron chi connectivity index (χ4n) is 2.76. The number of hydrogen-bond acceptors (Lipinski definition) is 4. The summed E-state index contributed by atoms with van der Waals surface area (Å²) in [6.07, 6.45) is 0.722. The average Bonchev–Trinajstić information content (AvgIpc) is 2.82. The van der Waals surface area contributed by atoms with Gasteiger partial charge in [0.2, 0.25) is 0 Å². The summed E-state index contributed by atoms with van der Waals surface area (Å²) in [4.78, 5) is 14.2. The third kappa shape index (κ3) is 3.51. The maximum absolute atomic E-state index is 12.0. The first-order valence-electron chi connectivity index (χ1n) is 6.88. The molecule has 0 radical (unpaired) electrons. The Bertz CT molecular complexity index is 434. The van der Waals surface area contributed by atoms with Crippen LogP contribution >= 0.6 is 12.4 Å². The van der Waals surface area contributed by atoms with Crippen LogP contribution < -0.4 is 0 Å². The lowest BCUT2D eigenvalue weighted by molar-refractivity contribution is -0.145. The highest BCUT2D eigenvalue weighted by atomic mass is 35.5. The highest BCUT2D eigenvalue weighted by Crippen LogP contribution is 2.33. The van der Waals surface area contributed by atoms with Crippen LogP contribution in [0.4, 0.5) is 0 Å². The van der Waals surface area contributed by atoms with E-state index in [-0.39, 0.29) is 30.4 Å². The van der Waals surface area contributed by atoms with E-state index in [1.54, 1.807) is 0 Å². The highest BCUT2D eigenvalue weighted by molar-refractivity contribution is 5.85. The van der Waals surface area contributed by atoms with Gasteiger partial charge in [0, 0.05) is 26.1 Å². The molecule has 5 heteroatoms. The van der Waals surface area contributed by atoms with E-state index in [1.807, 2.05) is 30.3 Å². The van der Waals surface area contributed by atoms with Gasteiger partial charge in [-0.15, -0.1) is 12.4 Å². The van der Waals surface area contributed by atoms with E-state index in [1.165, 1.54) is 0 Å². The number of benzene rings is 1. The van der Waals surface area contributed by atoms with Crippen molar-refractivity contribution in [3.63, 3.8) is 0 Å². The van der Waals surface area contributed by atoms with E-state index < -0.39 is 0 Å². The van der Waals surface area contributed by atoms with Crippen LogP contribution in [-0.2, 0) is 14.3 Å². The van der Waals surface area contributed by atoms with E-state index in [2.05, 4.69) is 4.90 Å². The zero-order valence-corrected chi connectivity index (χ0v) is 12.2. The molecular weight excluding hydrogens is 278 g/mol. The quantitative estimate of drug-likeness (QED) is 0.801. The first kappa shape index (κ1) is 15.3. The van der Waals surface area contributed by atoms with Crippen molar-refractivity contribution in [3.8, 4) is 0 Å². The summed E-state index contributed by atoms with van der Waals surface area (Å²) in [6.45, 7) is 4.17. The van der Waals surface area contributed by atoms with Crippen LogP contribution in [0.3, 0.4) is 0 Å². The lowest BCUT2D eigenvalue weighted by atomic mass is 9.99. The minimum absolute atomic E-state index is 0. The van der Waals surface area contributed by atoms with Crippen molar-refractivity contribution in [2.75, 3.05) is 32.8 Å². The first-order chi connectivity index (χ1) is 9.33. The normalized spacial score (nSPS) is 26.9. The molecule has 0 aromatic heterocycles. The average molecular weight is 298 g/mol. The molecule has 0 bridgehead atoms. The Hall–Kier alpha value is -1.10. The number of cyclic esters (lactones) is 1. The molecule has 2 heterocycles. The van der Waals surface area contributed by atoms with Crippen LogP contribution in [0.2, 0.25) is 0 Å². The van der Waals surface area contributed by atoms with Gasteiger partial charge in [-0.25, -0.2) is 0 Å². The molecule has 2 atom stereocenters. The number of morpholine rings is 1. The third-order valence-corrected chi connectivity index (χ3v) is 3.84. The number of hydrogen-bond donors (Lipinski definition) is 0. The number of halogens is 1. The van der Waals surface area contributed by atoms with Gasteiger partial charge >= 0.3 is 5.97 Å². The number of nitrogens with zero attached hydrogens (tertiary/aromatic N) is 1. The Kier molecular flexibility index (Phi) is 5.40. The van der Waals surface area contributed by atoms with Crippen LogP contribution in [0, 0.1) is 5.92 Å². The van der Waals surface area contributed by atoms with E-state index in [0.717, 1.165) is 44.8 Å². The van der Waals surface area contributed by atoms with E-state index in [4.69, 9.17) is 9.47 Å². The van der Waals surface area contributed by atoms with Crippen molar-refractivity contribution < 1.29 is 14.3 Å². The highest BCUT2D eigenvalue weighted by Gasteiger charge is 2.36. The molecule has 0 spiro atoms. The van der Waals surface area contributed by atoms with E-state index >= 15 is 0 Å². The van der Waals surface area contributed by atoms with Crippen LogP contribution in [0.1, 0.15) is 18.1 Å². The Balaban J connectivity index is 0.00000147. The van der Waals surface area contributed by atoms with Gasteiger partial charge < -0.3 is 9.47 Å². The monoisotopic (exact) mass is 297 g/mol. The van der Waals surface area contributed by atoms with Crippen molar-refractivity contribution in [1.82, 2.24) is 4.90 Å². The summed E-state index contributed by atoms with van der Waals surface area (Å²) in [5.74, 6) is -0.0522. The number of ether oxygens (including phenoxy) is 2. The Morgan fingerprint density at radius 3 is 2.55 bits per heavy atom. The van der Waals surface area contributed by atoms with Crippen molar-refractivity contribution in [3.05, 3.63) is 35.9 Å². The molecule has 1 aromatic rings. The zero-order valence-electron chi connectivity index (χ0n) is 11.4. The molecule has 2 saturated heterocycles. The van der Waals surface area contributed by atoms with Crippen LogP contribution in [0.15, 0.2) is 30.3 Å². The maximum atomic E-state index is 12.0. The van der Waals surface area contributed by atoms with Gasteiger partial charge in [0.25, 0.3) is 0 Å². The summed E-state index contributed by atoms with van der Waals surface area (Å²) in [6, 6.07) is 9.99. The number of esters is 1. The second-order valence-electron chi connectivity index (χ2n) is 5.18. The zero-order chi connectivity index (χ0) is 13.1. The number of carbonyl (C=O) groups excluding carboxylic acids is 1. The first-order valence-corrected chi connectivity index (χ1v) is 6.88. The fourth-order valence-corrected chi connectivity index (χ4v) is 2.76. The second kappa shape index (κ2) is 7.07. The fraction of sp³-hybridized carbons (Fsp3) is 0.533. The second-order valence-corrected chi connectivity index (χ2v) is 5.18. The predicted molar refractivity (Wildman–Crippen MR) is 77.9 cm³/mol. The molecular formula is C15H20ClNO3. The summed E-state index contributed by atoms with van der Waals surface area (Å²) in [7, 11) is 0. The minimum Gasteiger partial charge on any atom is -0.457 e.